The Morgan fingerprint density at radius 2 is 2.00 bits per heavy atom. The van der Waals surface area contributed by atoms with Gasteiger partial charge in [0.05, 0.1) is 12.4 Å². The van der Waals surface area contributed by atoms with E-state index in [2.05, 4.69) is 10.3 Å². The number of hydrogen-bond acceptors (Lipinski definition) is 5. The Bertz CT molecular complexity index is 915. The van der Waals surface area contributed by atoms with Crippen molar-refractivity contribution in [3.63, 3.8) is 0 Å². The number of nitrogens with one attached hydrogen (secondary N) is 1. The maximum absolute atomic E-state index is 13.4. The van der Waals surface area contributed by atoms with E-state index in [0.717, 1.165) is 18.5 Å². The van der Waals surface area contributed by atoms with E-state index in [1.54, 1.807) is 23.7 Å². The van der Waals surface area contributed by atoms with Crippen LogP contribution in [0, 0.1) is 11.7 Å². The molecule has 2 heterocycles. The van der Waals surface area contributed by atoms with Gasteiger partial charge in [-0.15, -0.1) is 0 Å². The zero-order chi connectivity index (χ0) is 21.7. The van der Waals surface area contributed by atoms with Crippen LogP contribution >= 0.6 is 0 Å². The standard InChI is InChI=1S/C21H31FN4O3S/c1-16(2)29-10-4-9-23-11-18-12-26(30(27,28)21-14-25(3)15-24-21)13-20(18)17-5-7-19(22)8-6-17/h5-8,14-16,18,20,23H,4,9-13H2,1-3H3/t18-,20+/m1/s1. The van der Waals surface area contributed by atoms with E-state index >= 15 is 0 Å². The van der Waals surface area contributed by atoms with Gasteiger partial charge in [0.15, 0.2) is 5.03 Å². The third-order valence-electron chi connectivity index (χ3n) is 5.35. The summed E-state index contributed by atoms with van der Waals surface area (Å²) in [6, 6.07) is 6.36. The highest BCUT2D eigenvalue weighted by atomic mass is 32.2. The first-order valence-corrected chi connectivity index (χ1v) is 11.8. The van der Waals surface area contributed by atoms with Crippen molar-refractivity contribution in [1.29, 1.82) is 0 Å². The lowest BCUT2D eigenvalue weighted by molar-refractivity contribution is 0.0769. The molecule has 0 spiro atoms. The van der Waals surface area contributed by atoms with Crippen molar-refractivity contribution in [1.82, 2.24) is 19.2 Å². The van der Waals surface area contributed by atoms with Crippen LogP contribution in [0.5, 0.6) is 0 Å². The van der Waals surface area contributed by atoms with Crippen LogP contribution in [0.1, 0.15) is 31.7 Å². The van der Waals surface area contributed by atoms with Crippen LogP contribution < -0.4 is 5.32 Å². The largest absolute Gasteiger partial charge is 0.379 e. The second-order valence-electron chi connectivity index (χ2n) is 8.09. The molecule has 1 aliphatic rings. The number of imidazole rings is 1. The summed E-state index contributed by atoms with van der Waals surface area (Å²) in [7, 11) is -1.93. The van der Waals surface area contributed by atoms with Crippen molar-refractivity contribution in [2.75, 3.05) is 32.8 Å². The third-order valence-corrected chi connectivity index (χ3v) is 7.06. The van der Waals surface area contributed by atoms with Crippen LogP contribution in [0.3, 0.4) is 0 Å². The van der Waals surface area contributed by atoms with E-state index in [0.29, 0.717) is 26.2 Å². The molecule has 0 amide bonds. The fraction of sp³-hybridized carbons (Fsp3) is 0.571. The van der Waals surface area contributed by atoms with Gasteiger partial charge in [0, 0.05) is 38.9 Å². The van der Waals surface area contributed by atoms with Crippen LogP contribution in [0.25, 0.3) is 0 Å². The second-order valence-corrected chi connectivity index (χ2v) is 9.98. The summed E-state index contributed by atoms with van der Waals surface area (Å²) in [5.41, 5.74) is 0.949. The Morgan fingerprint density at radius 3 is 2.63 bits per heavy atom. The molecule has 7 nitrogen and oxygen atoms in total. The van der Waals surface area contributed by atoms with Crippen molar-refractivity contribution < 1.29 is 17.5 Å². The maximum Gasteiger partial charge on any atom is 0.262 e. The smallest absolute Gasteiger partial charge is 0.262 e. The van der Waals surface area contributed by atoms with Crippen LogP contribution in [0.15, 0.2) is 41.8 Å². The number of aryl methyl sites for hydroxylation is 1. The number of nitrogens with zero attached hydrogens (tertiary/aromatic N) is 3. The van der Waals surface area contributed by atoms with Gasteiger partial charge in [0.2, 0.25) is 0 Å². The molecule has 1 fully saturated rings. The minimum atomic E-state index is -3.67. The predicted octanol–water partition coefficient (Wildman–Crippen LogP) is 2.37. The van der Waals surface area contributed by atoms with Gasteiger partial charge in [-0.05, 0) is 57.0 Å². The molecule has 1 N–H and O–H groups in total. The predicted molar refractivity (Wildman–Crippen MR) is 113 cm³/mol. The Hall–Kier alpha value is -1.81. The van der Waals surface area contributed by atoms with Gasteiger partial charge in [0.25, 0.3) is 10.0 Å². The third kappa shape index (κ3) is 5.66. The monoisotopic (exact) mass is 438 g/mol. The Balaban J connectivity index is 1.69. The number of hydrogen-bond donors (Lipinski definition) is 1. The number of benzene rings is 1. The fourth-order valence-electron chi connectivity index (χ4n) is 3.78. The van der Waals surface area contributed by atoms with Gasteiger partial charge in [0.1, 0.15) is 5.82 Å². The highest BCUT2D eigenvalue weighted by Crippen LogP contribution is 2.35. The summed E-state index contributed by atoms with van der Waals surface area (Å²) in [4.78, 5) is 4.03. The summed E-state index contributed by atoms with van der Waals surface area (Å²) in [6.45, 7) is 6.94. The molecule has 0 saturated carbocycles. The number of halogens is 1. The Kier molecular flexibility index (Phi) is 7.62. The molecule has 0 bridgehead atoms. The average molecular weight is 439 g/mol. The lowest BCUT2D eigenvalue weighted by Crippen LogP contribution is -2.31. The Labute approximate surface area is 178 Å². The molecule has 1 aromatic heterocycles. The van der Waals surface area contributed by atoms with E-state index in [-0.39, 0.29) is 28.8 Å². The van der Waals surface area contributed by atoms with Gasteiger partial charge in [-0.2, -0.15) is 4.31 Å². The molecule has 3 rings (SSSR count). The summed E-state index contributed by atoms with van der Waals surface area (Å²) in [5.74, 6) is -0.224. The first-order chi connectivity index (χ1) is 14.3. The minimum Gasteiger partial charge on any atom is -0.379 e. The molecule has 1 aliphatic heterocycles. The lowest BCUT2D eigenvalue weighted by atomic mass is 9.89. The van der Waals surface area contributed by atoms with Crippen LogP contribution in [0.4, 0.5) is 4.39 Å². The molecule has 1 saturated heterocycles. The molecule has 0 aliphatic carbocycles. The van der Waals surface area contributed by atoms with Gasteiger partial charge in [-0.3, -0.25) is 0 Å². The van der Waals surface area contributed by atoms with E-state index in [1.807, 2.05) is 13.8 Å². The van der Waals surface area contributed by atoms with Crippen molar-refractivity contribution in [3.05, 3.63) is 48.2 Å². The fourth-order valence-corrected chi connectivity index (χ4v) is 5.27. The van der Waals surface area contributed by atoms with E-state index in [4.69, 9.17) is 4.74 Å². The van der Waals surface area contributed by atoms with E-state index in [1.165, 1.54) is 29.0 Å². The van der Waals surface area contributed by atoms with Crippen LogP contribution in [-0.2, 0) is 21.8 Å². The zero-order valence-electron chi connectivity index (χ0n) is 17.8. The maximum atomic E-state index is 13.4. The number of ether oxygens (including phenoxy) is 1. The first-order valence-electron chi connectivity index (χ1n) is 10.3. The molecular formula is C21H31FN4O3S. The van der Waals surface area contributed by atoms with Gasteiger partial charge in [-0.25, -0.2) is 17.8 Å². The second kappa shape index (κ2) is 10.00. The van der Waals surface area contributed by atoms with E-state index in [9.17, 15) is 12.8 Å². The first kappa shape index (κ1) is 22.9. The zero-order valence-corrected chi connectivity index (χ0v) is 18.6. The topological polar surface area (TPSA) is 76.5 Å². The van der Waals surface area contributed by atoms with Crippen LogP contribution in [0.2, 0.25) is 0 Å². The molecule has 1 aromatic carbocycles. The lowest BCUT2D eigenvalue weighted by Gasteiger charge is -2.19. The Morgan fingerprint density at radius 1 is 1.27 bits per heavy atom. The molecule has 9 heteroatoms. The highest BCUT2D eigenvalue weighted by Gasteiger charge is 2.40. The molecule has 166 valence electrons. The summed E-state index contributed by atoms with van der Waals surface area (Å²) in [6.07, 6.45) is 4.11. The van der Waals surface area contributed by atoms with Crippen molar-refractivity contribution >= 4 is 10.0 Å². The number of aromatic nitrogens is 2. The number of rotatable bonds is 10. The molecule has 0 radical (unpaired) electrons. The highest BCUT2D eigenvalue weighted by molar-refractivity contribution is 7.89. The molecule has 0 unspecified atom stereocenters. The SMILES string of the molecule is CC(C)OCCCNC[C@@H]1CN(S(=O)(=O)c2cn(C)cn2)C[C@H]1c1ccc(F)cc1. The summed E-state index contributed by atoms with van der Waals surface area (Å²) >= 11 is 0. The van der Waals surface area contributed by atoms with Crippen LogP contribution in [-0.4, -0.2) is 61.2 Å². The van der Waals surface area contributed by atoms with Gasteiger partial charge in [-0.1, -0.05) is 12.1 Å². The average Bonchev–Trinajstić information content (AvgIpc) is 3.32. The summed E-state index contributed by atoms with van der Waals surface area (Å²) in [5, 5.41) is 3.49. The van der Waals surface area contributed by atoms with Crippen molar-refractivity contribution in [2.24, 2.45) is 13.0 Å². The minimum absolute atomic E-state index is 0.0106. The summed E-state index contributed by atoms with van der Waals surface area (Å²) < 4.78 is 48.2. The molecule has 30 heavy (non-hydrogen) atoms. The van der Waals surface area contributed by atoms with Crippen molar-refractivity contribution in [3.8, 4) is 0 Å². The van der Waals surface area contributed by atoms with E-state index < -0.39 is 10.0 Å². The van der Waals surface area contributed by atoms with Gasteiger partial charge < -0.3 is 14.6 Å². The van der Waals surface area contributed by atoms with Crippen molar-refractivity contribution in [2.45, 2.75) is 37.3 Å². The molecular weight excluding hydrogens is 407 g/mol. The number of sulfonamides is 1. The molecule has 2 atom stereocenters. The quantitative estimate of drug-likeness (QED) is 0.577. The molecule has 2 aromatic rings. The normalized spacial score (nSPS) is 20.3. The van der Waals surface area contributed by atoms with Gasteiger partial charge >= 0.3 is 0 Å².